The second-order valence-corrected chi connectivity index (χ2v) is 9.14. The molecular weight excluding hydrogens is 418 g/mol. The van der Waals surface area contributed by atoms with Crippen LogP contribution in [0.4, 0.5) is 5.69 Å². The van der Waals surface area contributed by atoms with Gasteiger partial charge in [0.2, 0.25) is 5.91 Å². The minimum absolute atomic E-state index is 0.406. The molecule has 5 nitrogen and oxygen atoms in total. The van der Waals surface area contributed by atoms with Crippen molar-refractivity contribution in [1.82, 2.24) is 4.90 Å². The summed E-state index contributed by atoms with van der Waals surface area (Å²) in [4.78, 5) is 16.6. The van der Waals surface area contributed by atoms with E-state index in [1.54, 1.807) is 6.07 Å². The van der Waals surface area contributed by atoms with Crippen molar-refractivity contribution < 1.29 is 9.53 Å². The van der Waals surface area contributed by atoms with Crippen molar-refractivity contribution in [2.75, 3.05) is 44.2 Å². The Morgan fingerprint density at radius 2 is 1.81 bits per heavy atom. The maximum atomic E-state index is 11.6. The maximum absolute atomic E-state index is 11.6. The van der Waals surface area contributed by atoms with E-state index in [0.29, 0.717) is 12.2 Å². The van der Waals surface area contributed by atoms with E-state index in [9.17, 15) is 4.79 Å². The van der Waals surface area contributed by atoms with Gasteiger partial charge in [0.1, 0.15) is 5.75 Å². The second-order valence-electron chi connectivity index (χ2n) is 8.19. The Balaban J connectivity index is 1.11. The summed E-state index contributed by atoms with van der Waals surface area (Å²) < 4.78 is 7.35. The molecule has 1 aromatic heterocycles. The highest BCUT2D eigenvalue weighted by Gasteiger charge is 2.18. The molecule has 32 heavy (non-hydrogen) atoms. The number of thiophene rings is 1. The molecule has 1 aliphatic heterocycles. The third kappa shape index (κ3) is 4.29. The van der Waals surface area contributed by atoms with Gasteiger partial charge in [0.25, 0.3) is 0 Å². The molecule has 0 saturated carbocycles. The van der Waals surface area contributed by atoms with Crippen molar-refractivity contribution in [3.05, 3.63) is 71.6 Å². The first-order chi connectivity index (χ1) is 15.7. The van der Waals surface area contributed by atoms with Gasteiger partial charge in [-0.25, -0.2) is 0 Å². The third-order valence-corrected chi connectivity index (χ3v) is 7.07. The molecule has 1 aliphatic rings. The summed E-state index contributed by atoms with van der Waals surface area (Å²) in [5.41, 5.74) is 7.38. The van der Waals surface area contributed by atoms with Crippen LogP contribution in [0.3, 0.4) is 0 Å². The monoisotopic (exact) mass is 445 g/mol. The molecule has 0 bridgehead atoms. The fourth-order valence-electron chi connectivity index (χ4n) is 4.51. The van der Waals surface area contributed by atoms with Crippen LogP contribution in [0.1, 0.15) is 16.8 Å². The number of fused-ring (bicyclic) bond motifs is 2. The quantitative estimate of drug-likeness (QED) is 0.417. The lowest BCUT2D eigenvalue weighted by atomic mass is 10.0. The Bertz CT molecular complexity index is 1240. The van der Waals surface area contributed by atoms with Crippen LogP contribution in [0.15, 0.2) is 66.0 Å². The molecule has 4 aromatic rings. The van der Waals surface area contributed by atoms with Crippen molar-refractivity contribution >= 4 is 43.8 Å². The summed E-state index contributed by atoms with van der Waals surface area (Å²) in [5.74, 6) is 0.421. The number of carbonyl (C=O) groups is 1. The van der Waals surface area contributed by atoms with Crippen molar-refractivity contribution in [2.45, 2.75) is 6.42 Å². The number of piperazine rings is 1. The predicted molar refractivity (Wildman–Crippen MR) is 133 cm³/mol. The molecule has 0 aliphatic carbocycles. The molecule has 1 saturated heterocycles. The zero-order valence-electron chi connectivity index (χ0n) is 18.0. The number of nitrogens with two attached hydrogens (primary N) is 1. The van der Waals surface area contributed by atoms with E-state index in [2.05, 4.69) is 39.4 Å². The lowest BCUT2D eigenvalue weighted by Crippen LogP contribution is -2.46. The van der Waals surface area contributed by atoms with Crippen LogP contribution in [0.2, 0.25) is 0 Å². The van der Waals surface area contributed by atoms with Crippen LogP contribution >= 0.6 is 11.3 Å². The summed E-state index contributed by atoms with van der Waals surface area (Å²) in [6.45, 7) is 5.98. The first kappa shape index (κ1) is 20.8. The predicted octanol–water partition coefficient (Wildman–Crippen LogP) is 4.74. The van der Waals surface area contributed by atoms with E-state index in [1.165, 1.54) is 15.8 Å². The van der Waals surface area contributed by atoms with Crippen molar-refractivity contribution in [3.8, 4) is 5.75 Å². The molecule has 1 amide bonds. The summed E-state index contributed by atoms with van der Waals surface area (Å²) in [5, 5.41) is 5.38. The molecule has 6 heteroatoms. The normalized spacial score (nSPS) is 14.8. The first-order valence-electron chi connectivity index (χ1n) is 11.1. The highest BCUT2D eigenvalue weighted by atomic mass is 32.1. The summed E-state index contributed by atoms with van der Waals surface area (Å²) in [6, 6.07) is 20.2. The molecule has 5 rings (SSSR count). The average Bonchev–Trinajstić information content (AvgIpc) is 3.31. The number of ether oxygens (including phenoxy) is 1. The van der Waals surface area contributed by atoms with Crippen LogP contribution in [0, 0.1) is 0 Å². The average molecular weight is 446 g/mol. The van der Waals surface area contributed by atoms with Gasteiger partial charge in [-0.15, -0.1) is 11.3 Å². The van der Waals surface area contributed by atoms with Gasteiger partial charge < -0.3 is 15.4 Å². The van der Waals surface area contributed by atoms with Crippen molar-refractivity contribution in [3.63, 3.8) is 0 Å². The van der Waals surface area contributed by atoms with E-state index in [-0.39, 0.29) is 0 Å². The van der Waals surface area contributed by atoms with Gasteiger partial charge in [0.05, 0.1) is 6.61 Å². The number of carbonyl (C=O) groups excluding carboxylic acids is 1. The molecular formula is C26H27N3O2S. The topological polar surface area (TPSA) is 58.8 Å². The number of anilines is 1. The van der Waals surface area contributed by atoms with Crippen molar-refractivity contribution in [1.29, 1.82) is 0 Å². The highest BCUT2D eigenvalue weighted by molar-refractivity contribution is 7.17. The van der Waals surface area contributed by atoms with Gasteiger partial charge in [-0.1, -0.05) is 18.2 Å². The molecule has 2 N–H and O–H groups in total. The molecule has 3 aromatic carbocycles. The van der Waals surface area contributed by atoms with E-state index >= 15 is 0 Å². The van der Waals surface area contributed by atoms with Crippen LogP contribution in [0.25, 0.3) is 20.9 Å². The minimum Gasteiger partial charge on any atom is -0.494 e. The molecule has 0 atom stereocenters. The Labute approximate surface area is 192 Å². The van der Waals surface area contributed by atoms with Gasteiger partial charge in [0, 0.05) is 54.1 Å². The van der Waals surface area contributed by atoms with E-state index in [1.807, 2.05) is 41.7 Å². The zero-order chi connectivity index (χ0) is 21.9. The fraction of sp³-hybridized carbons (Fsp3) is 0.269. The number of hydrogen-bond acceptors (Lipinski definition) is 5. The molecule has 0 radical (unpaired) electrons. The van der Waals surface area contributed by atoms with E-state index < -0.39 is 5.91 Å². The Morgan fingerprint density at radius 3 is 2.66 bits per heavy atom. The Hall–Kier alpha value is -3.09. The maximum Gasteiger partial charge on any atom is 0.249 e. The molecule has 1 fully saturated rings. The van der Waals surface area contributed by atoms with Crippen LogP contribution < -0.4 is 15.4 Å². The molecule has 0 unspecified atom stereocenters. The van der Waals surface area contributed by atoms with Gasteiger partial charge in [0.15, 0.2) is 0 Å². The van der Waals surface area contributed by atoms with Crippen LogP contribution in [-0.4, -0.2) is 50.1 Å². The molecule has 164 valence electrons. The van der Waals surface area contributed by atoms with E-state index in [4.69, 9.17) is 10.5 Å². The van der Waals surface area contributed by atoms with Crippen LogP contribution in [-0.2, 0) is 0 Å². The number of amides is 1. The minimum atomic E-state index is -0.406. The number of rotatable bonds is 7. The second kappa shape index (κ2) is 9.18. The number of primary amides is 1. The molecule has 2 heterocycles. The number of hydrogen-bond donors (Lipinski definition) is 1. The Kier molecular flexibility index (Phi) is 5.97. The van der Waals surface area contributed by atoms with Crippen LogP contribution in [0.5, 0.6) is 5.75 Å². The van der Waals surface area contributed by atoms with Gasteiger partial charge in [-0.2, -0.15) is 0 Å². The van der Waals surface area contributed by atoms with Crippen molar-refractivity contribution in [2.24, 2.45) is 5.73 Å². The first-order valence-corrected chi connectivity index (χ1v) is 12.0. The van der Waals surface area contributed by atoms with Gasteiger partial charge in [-0.05, 0) is 65.0 Å². The standard InChI is InChI=1S/C26H27N3O2S/c27-26(30)22-5-1-4-19-18-20(8-9-21(19)22)31-16-3-11-28-12-14-29(15-13-28)24-6-2-7-25-23(24)10-17-32-25/h1-2,4-10,17-18H,3,11-16H2,(H2,27,30). The smallest absolute Gasteiger partial charge is 0.249 e. The summed E-state index contributed by atoms with van der Waals surface area (Å²) >= 11 is 1.81. The van der Waals surface area contributed by atoms with Gasteiger partial charge >= 0.3 is 0 Å². The largest absolute Gasteiger partial charge is 0.494 e. The lowest BCUT2D eigenvalue weighted by Gasteiger charge is -2.36. The third-order valence-electron chi connectivity index (χ3n) is 6.19. The summed E-state index contributed by atoms with van der Waals surface area (Å²) in [6.07, 6.45) is 0.986. The molecule has 0 spiro atoms. The number of nitrogens with zero attached hydrogens (tertiary/aromatic N) is 2. The highest BCUT2D eigenvalue weighted by Crippen LogP contribution is 2.31. The zero-order valence-corrected chi connectivity index (χ0v) is 18.8. The SMILES string of the molecule is NC(=O)c1cccc2cc(OCCCN3CCN(c4cccc5sccc45)CC3)ccc12. The summed E-state index contributed by atoms with van der Waals surface area (Å²) in [7, 11) is 0. The lowest BCUT2D eigenvalue weighted by molar-refractivity contribution is 0.100. The Morgan fingerprint density at radius 1 is 0.969 bits per heavy atom. The fourth-order valence-corrected chi connectivity index (χ4v) is 5.32. The van der Waals surface area contributed by atoms with Gasteiger partial charge in [-0.3, -0.25) is 9.69 Å². The number of benzene rings is 3. The van der Waals surface area contributed by atoms with E-state index in [0.717, 1.165) is 55.7 Å².